The molecule has 0 saturated carbocycles. The molecule has 0 aliphatic heterocycles. The molecule has 12 nitrogen and oxygen atoms in total. The number of amides is 3. The van der Waals surface area contributed by atoms with E-state index >= 15 is 0 Å². The highest BCUT2D eigenvalue weighted by atomic mass is 16.6. The number of nitrogens with one attached hydrogen (secondary N) is 3. The largest absolute Gasteiger partial charge is 0.460 e. The lowest BCUT2D eigenvalue weighted by atomic mass is 10.1. The van der Waals surface area contributed by atoms with E-state index in [2.05, 4.69) is 26.2 Å². The first kappa shape index (κ1) is 30.2. The highest BCUT2D eigenvalue weighted by Crippen LogP contribution is 2.15. The summed E-state index contributed by atoms with van der Waals surface area (Å²) in [6, 6.07) is 5.04. The van der Waals surface area contributed by atoms with Crippen molar-refractivity contribution < 1.29 is 28.7 Å². The highest BCUT2D eigenvalue weighted by Gasteiger charge is 2.28. The average molecular weight is 505 g/mol. The first-order valence-electron chi connectivity index (χ1n) is 11.6. The van der Waals surface area contributed by atoms with Crippen LogP contribution in [0.25, 0.3) is 10.4 Å². The molecule has 0 fully saturated rings. The van der Waals surface area contributed by atoms with Crippen molar-refractivity contribution in [3.63, 3.8) is 0 Å². The number of hydrogen-bond acceptors (Lipinski definition) is 7. The van der Waals surface area contributed by atoms with E-state index in [9.17, 15) is 19.2 Å². The molecular weight excluding hydrogens is 468 g/mol. The average Bonchev–Trinajstić information content (AvgIpc) is 2.74. The maximum absolute atomic E-state index is 12.5. The van der Waals surface area contributed by atoms with E-state index in [-0.39, 0.29) is 19.3 Å². The Kier molecular flexibility index (Phi) is 11.7. The minimum Gasteiger partial charge on any atom is -0.460 e. The predicted molar refractivity (Wildman–Crippen MR) is 133 cm³/mol. The Hall–Kier alpha value is -3.79. The second-order valence-electron chi connectivity index (χ2n) is 10.1. The van der Waals surface area contributed by atoms with Crippen LogP contribution in [0.5, 0.6) is 0 Å². The van der Waals surface area contributed by atoms with Crippen molar-refractivity contribution >= 4 is 29.6 Å². The fraction of sp³-hybridized carbons (Fsp3) is 0.583. The fourth-order valence-electron chi connectivity index (χ4n) is 2.89. The van der Waals surface area contributed by atoms with Crippen molar-refractivity contribution in [2.75, 3.05) is 0 Å². The van der Waals surface area contributed by atoms with Crippen LogP contribution in [0.3, 0.4) is 0 Å². The SMILES string of the molecule is CC(C)(C)OC(=O)CCC(NC(=O)NNC(=O)CCCc1ccc(N=[N+]=[N-])cc1)C(=O)OC(C)(C)C. The molecule has 12 heteroatoms. The third-order valence-electron chi connectivity index (χ3n) is 4.34. The van der Waals surface area contributed by atoms with Gasteiger partial charge in [-0.3, -0.25) is 15.0 Å². The maximum atomic E-state index is 12.5. The molecule has 1 aromatic carbocycles. The predicted octanol–water partition coefficient (Wildman–Crippen LogP) is 4.11. The van der Waals surface area contributed by atoms with E-state index in [1.165, 1.54) is 0 Å². The van der Waals surface area contributed by atoms with Crippen molar-refractivity contribution in [3.05, 3.63) is 40.3 Å². The monoisotopic (exact) mass is 504 g/mol. The summed E-state index contributed by atoms with van der Waals surface area (Å²) in [5.74, 6) is -1.64. The third kappa shape index (κ3) is 13.8. The van der Waals surface area contributed by atoms with Gasteiger partial charge in [0.1, 0.15) is 17.2 Å². The number of esters is 2. The van der Waals surface area contributed by atoms with Crippen LogP contribution < -0.4 is 16.2 Å². The molecule has 0 radical (unpaired) electrons. The Morgan fingerprint density at radius 3 is 2.11 bits per heavy atom. The van der Waals surface area contributed by atoms with Gasteiger partial charge in [0.05, 0.1) is 0 Å². The van der Waals surface area contributed by atoms with E-state index in [4.69, 9.17) is 15.0 Å². The van der Waals surface area contributed by atoms with Crippen LogP contribution in [-0.4, -0.2) is 41.1 Å². The summed E-state index contributed by atoms with van der Waals surface area (Å²) in [6.45, 7) is 10.2. The van der Waals surface area contributed by atoms with Gasteiger partial charge in [-0.05, 0) is 71.9 Å². The molecule has 3 amide bonds. The summed E-state index contributed by atoms with van der Waals surface area (Å²) in [5, 5.41) is 5.93. The van der Waals surface area contributed by atoms with Crippen LogP contribution in [-0.2, 0) is 30.3 Å². The number of benzene rings is 1. The van der Waals surface area contributed by atoms with Gasteiger partial charge in [0.15, 0.2) is 0 Å². The molecule has 0 aromatic heterocycles. The molecule has 1 aromatic rings. The van der Waals surface area contributed by atoms with Crippen LogP contribution in [0, 0.1) is 0 Å². The standard InChI is InChI=1S/C24H36N6O6/c1-23(2,3)35-20(32)15-14-18(21(33)36-24(4,5)6)26-22(34)29-28-19(31)9-7-8-16-10-12-17(13-11-16)27-30-25/h10-13,18H,7-9,14-15H2,1-6H3,(H,28,31)(H2,26,29,34). The zero-order valence-corrected chi connectivity index (χ0v) is 21.7. The van der Waals surface area contributed by atoms with Crippen LogP contribution >= 0.6 is 0 Å². The number of rotatable bonds is 10. The molecular formula is C24H36N6O6. The molecule has 0 spiro atoms. The second kappa shape index (κ2) is 13.9. The molecule has 198 valence electrons. The number of hydrogen-bond donors (Lipinski definition) is 3. The summed E-state index contributed by atoms with van der Waals surface area (Å²) in [5.41, 5.74) is 12.9. The van der Waals surface area contributed by atoms with Crippen molar-refractivity contribution in [2.45, 2.75) is 90.9 Å². The molecule has 1 rings (SSSR count). The fourth-order valence-corrected chi connectivity index (χ4v) is 2.89. The molecule has 0 aliphatic rings. The summed E-state index contributed by atoms with van der Waals surface area (Å²) in [6.07, 6.45) is 1.13. The molecule has 0 bridgehead atoms. The van der Waals surface area contributed by atoms with Gasteiger partial charge < -0.3 is 14.8 Å². The molecule has 0 heterocycles. The number of carbonyl (C=O) groups is 4. The van der Waals surface area contributed by atoms with Gasteiger partial charge in [-0.15, -0.1) is 0 Å². The number of carbonyl (C=O) groups excluding carboxylic acids is 4. The zero-order chi connectivity index (χ0) is 27.4. The summed E-state index contributed by atoms with van der Waals surface area (Å²) in [7, 11) is 0. The number of ether oxygens (including phenoxy) is 2. The Morgan fingerprint density at radius 2 is 1.56 bits per heavy atom. The number of urea groups is 1. The van der Waals surface area contributed by atoms with Crippen LogP contribution in [0.4, 0.5) is 10.5 Å². The molecule has 1 atom stereocenters. The van der Waals surface area contributed by atoms with E-state index < -0.39 is 41.1 Å². The minimum absolute atomic E-state index is 0.0380. The van der Waals surface area contributed by atoms with Crippen molar-refractivity contribution in [3.8, 4) is 0 Å². The summed E-state index contributed by atoms with van der Waals surface area (Å²) < 4.78 is 10.6. The Morgan fingerprint density at radius 1 is 0.944 bits per heavy atom. The normalized spacial score (nSPS) is 11.9. The number of nitrogens with zero attached hydrogens (tertiary/aromatic N) is 3. The van der Waals surface area contributed by atoms with Gasteiger partial charge in [0, 0.05) is 23.4 Å². The third-order valence-corrected chi connectivity index (χ3v) is 4.34. The van der Waals surface area contributed by atoms with E-state index in [1.807, 2.05) is 12.1 Å². The molecule has 0 saturated heterocycles. The smallest absolute Gasteiger partial charge is 0.334 e. The minimum atomic E-state index is -1.12. The quantitative estimate of drug-likeness (QED) is 0.142. The van der Waals surface area contributed by atoms with Gasteiger partial charge in [-0.2, -0.15) is 0 Å². The first-order chi connectivity index (χ1) is 16.7. The van der Waals surface area contributed by atoms with Crippen molar-refractivity contribution in [2.24, 2.45) is 5.11 Å². The van der Waals surface area contributed by atoms with Gasteiger partial charge >= 0.3 is 18.0 Å². The lowest BCUT2D eigenvalue weighted by molar-refractivity contribution is -0.158. The lowest BCUT2D eigenvalue weighted by Gasteiger charge is -2.25. The van der Waals surface area contributed by atoms with E-state index in [0.29, 0.717) is 18.5 Å². The maximum Gasteiger partial charge on any atom is 0.334 e. The second-order valence-corrected chi connectivity index (χ2v) is 10.1. The topological polar surface area (TPSA) is 172 Å². The highest BCUT2D eigenvalue weighted by molar-refractivity contribution is 5.86. The molecule has 0 aliphatic carbocycles. The molecule has 3 N–H and O–H groups in total. The Bertz CT molecular complexity index is 959. The lowest BCUT2D eigenvalue weighted by Crippen LogP contribution is -2.52. The zero-order valence-electron chi connectivity index (χ0n) is 21.7. The van der Waals surface area contributed by atoms with Gasteiger partial charge in [0.25, 0.3) is 0 Å². The number of aryl methyl sites for hydroxylation is 1. The van der Waals surface area contributed by atoms with Crippen LogP contribution in [0.15, 0.2) is 29.4 Å². The van der Waals surface area contributed by atoms with Crippen molar-refractivity contribution in [1.29, 1.82) is 0 Å². The Labute approximate surface area is 211 Å². The van der Waals surface area contributed by atoms with Gasteiger partial charge in [-0.25, -0.2) is 15.0 Å². The van der Waals surface area contributed by atoms with Crippen LogP contribution in [0.2, 0.25) is 0 Å². The number of hydrazine groups is 1. The van der Waals surface area contributed by atoms with Crippen molar-refractivity contribution in [1.82, 2.24) is 16.2 Å². The first-order valence-corrected chi connectivity index (χ1v) is 11.6. The Balaban J connectivity index is 2.53. The number of azide groups is 1. The summed E-state index contributed by atoms with van der Waals surface area (Å²) >= 11 is 0. The van der Waals surface area contributed by atoms with Crippen LogP contribution in [0.1, 0.15) is 72.8 Å². The summed E-state index contributed by atoms with van der Waals surface area (Å²) in [4.78, 5) is 51.7. The van der Waals surface area contributed by atoms with E-state index in [0.717, 1.165) is 5.56 Å². The van der Waals surface area contributed by atoms with Gasteiger partial charge in [-0.1, -0.05) is 29.4 Å². The van der Waals surface area contributed by atoms with E-state index in [1.54, 1.807) is 53.7 Å². The van der Waals surface area contributed by atoms with Gasteiger partial charge in [0.2, 0.25) is 5.91 Å². The molecule has 1 unspecified atom stereocenters. The molecule has 36 heavy (non-hydrogen) atoms.